The first-order valence-corrected chi connectivity index (χ1v) is 22.2. The summed E-state index contributed by atoms with van der Waals surface area (Å²) < 4.78 is 11.1. The minimum Gasteiger partial charge on any atom is -0.394 e. The molecule has 7 atom stereocenters. The number of rotatable bonds is 35. The Morgan fingerprint density at radius 3 is 1.71 bits per heavy atom. The van der Waals surface area contributed by atoms with E-state index >= 15 is 0 Å². The van der Waals surface area contributed by atoms with E-state index in [9.17, 15) is 30.3 Å². The molecule has 1 amide bonds. The molecule has 0 aromatic heterocycles. The number of allylic oxidation sites excluding steroid dienone is 11. The molecule has 0 spiro atoms. The maximum atomic E-state index is 12.9. The molecule has 7 unspecified atom stereocenters. The highest BCUT2D eigenvalue weighted by atomic mass is 16.7. The Balaban J connectivity index is 2.23. The molecule has 9 heteroatoms. The molecule has 1 aliphatic heterocycles. The van der Waals surface area contributed by atoms with Crippen molar-refractivity contribution in [3.05, 3.63) is 72.9 Å². The molecular weight excluding hydrogens is 707 g/mol. The third-order valence-corrected chi connectivity index (χ3v) is 10.0. The summed E-state index contributed by atoms with van der Waals surface area (Å²) in [5, 5.41) is 53.9. The molecule has 0 saturated carbocycles. The molecule has 1 fully saturated rings. The first-order valence-electron chi connectivity index (χ1n) is 22.2. The quantitative estimate of drug-likeness (QED) is 0.0276. The van der Waals surface area contributed by atoms with E-state index in [0.717, 1.165) is 77.0 Å². The topological polar surface area (TPSA) is 149 Å². The Morgan fingerprint density at radius 2 is 1.12 bits per heavy atom. The van der Waals surface area contributed by atoms with Gasteiger partial charge in [0.1, 0.15) is 24.4 Å². The standard InChI is InChI=1S/C47H81NO8/c1-3-5-7-9-11-13-14-15-16-17-18-19-20-21-22-23-24-25-26-27-28-29-31-33-35-37-43(51)48-40(41(50)36-34-32-30-12-10-8-6-4-2)39-55-47-46(54)45(53)44(52)42(38-49)56-47/h5,7,10-13,15-16,18-19,34,36,40-42,44-47,49-50,52-54H,3-4,6,8-9,14,17,20-33,35,37-39H2,1-2H3,(H,48,51)/b7-5-,12-10+,13-11-,16-15-,19-18-,36-34+. The van der Waals surface area contributed by atoms with Crippen LogP contribution in [0.1, 0.15) is 162 Å². The van der Waals surface area contributed by atoms with Crippen LogP contribution in [0, 0.1) is 0 Å². The summed E-state index contributed by atoms with van der Waals surface area (Å²) in [7, 11) is 0. The lowest BCUT2D eigenvalue weighted by Crippen LogP contribution is -2.60. The second-order valence-corrected chi connectivity index (χ2v) is 15.1. The summed E-state index contributed by atoms with van der Waals surface area (Å²) in [5.41, 5.74) is 0. The van der Waals surface area contributed by atoms with Crippen molar-refractivity contribution in [2.24, 2.45) is 0 Å². The Kier molecular flexibility index (Phi) is 34.1. The van der Waals surface area contributed by atoms with Crippen LogP contribution in [0.3, 0.4) is 0 Å². The molecule has 0 aromatic carbocycles. The molecule has 0 bridgehead atoms. The van der Waals surface area contributed by atoms with Gasteiger partial charge < -0.3 is 40.3 Å². The normalized spacial score (nSPS) is 21.9. The van der Waals surface area contributed by atoms with E-state index in [0.29, 0.717) is 6.42 Å². The monoisotopic (exact) mass is 788 g/mol. The molecule has 1 saturated heterocycles. The van der Waals surface area contributed by atoms with Gasteiger partial charge in [-0.25, -0.2) is 0 Å². The van der Waals surface area contributed by atoms with Gasteiger partial charge in [0.15, 0.2) is 6.29 Å². The van der Waals surface area contributed by atoms with Crippen LogP contribution in [-0.2, 0) is 14.3 Å². The van der Waals surface area contributed by atoms with Crippen molar-refractivity contribution in [2.75, 3.05) is 13.2 Å². The number of ether oxygens (including phenoxy) is 2. The van der Waals surface area contributed by atoms with Crippen molar-refractivity contribution in [2.45, 2.75) is 204 Å². The number of unbranched alkanes of at least 4 members (excludes halogenated alkanes) is 15. The number of hydrogen-bond acceptors (Lipinski definition) is 8. The van der Waals surface area contributed by atoms with Gasteiger partial charge >= 0.3 is 0 Å². The van der Waals surface area contributed by atoms with Crippen LogP contribution in [0.4, 0.5) is 0 Å². The lowest BCUT2D eigenvalue weighted by Gasteiger charge is -2.40. The number of carbonyl (C=O) groups excluding carboxylic acids is 1. The maximum Gasteiger partial charge on any atom is 0.220 e. The van der Waals surface area contributed by atoms with E-state index < -0.39 is 49.5 Å². The molecular formula is C47H81NO8. The van der Waals surface area contributed by atoms with Crippen LogP contribution in [-0.4, -0.2) is 87.5 Å². The summed E-state index contributed by atoms with van der Waals surface area (Å²) in [4.78, 5) is 12.9. The van der Waals surface area contributed by atoms with E-state index in [-0.39, 0.29) is 12.5 Å². The molecule has 0 aromatic rings. The minimum absolute atomic E-state index is 0.197. The van der Waals surface area contributed by atoms with Gasteiger partial charge in [-0.1, -0.05) is 164 Å². The first-order chi connectivity index (χ1) is 27.3. The van der Waals surface area contributed by atoms with Crippen molar-refractivity contribution in [3.8, 4) is 0 Å². The van der Waals surface area contributed by atoms with Crippen LogP contribution in [0.2, 0.25) is 0 Å². The summed E-state index contributed by atoms with van der Waals surface area (Å²) in [5.74, 6) is -0.197. The van der Waals surface area contributed by atoms with Gasteiger partial charge in [-0.15, -0.1) is 0 Å². The molecule has 6 N–H and O–H groups in total. The minimum atomic E-state index is -1.57. The number of aliphatic hydroxyl groups is 5. The van der Waals surface area contributed by atoms with Crippen molar-refractivity contribution in [1.29, 1.82) is 0 Å². The Morgan fingerprint density at radius 1 is 0.625 bits per heavy atom. The SMILES string of the molecule is CC/C=C\C/C=C\C/C=C\C/C=C\CCCCCCCCCCCCCCC(=O)NC(COC1OC(CO)C(O)C(O)C1O)C(O)/C=C/CC/C=C/CCCC. The lowest BCUT2D eigenvalue weighted by atomic mass is 9.99. The summed E-state index contributed by atoms with van der Waals surface area (Å²) in [6, 6.07) is -0.823. The van der Waals surface area contributed by atoms with Crippen molar-refractivity contribution < 1.29 is 39.8 Å². The average Bonchev–Trinajstić information content (AvgIpc) is 3.20. The molecule has 56 heavy (non-hydrogen) atoms. The summed E-state index contributed by atoms with van der Waals surface area (Å²) in [6.07, 6.45) is 42.6. The smallest absolute Gasteiger partial charge is 0.220 e. The fourth-order valence-electron chi connectivity index (χ4n) is 6.44. The van der Waals surface area contributed by atoms with E-state index in [1.165, 1.54) is 64.2 Å². The Labute approximate surface area is 340 Å². The zero-order chi connectivity index (χ0) is 40.9. The van der Waals surface area contributed by atoms with Gasteiger partial charge in [0.25, 0.3) is 0 Å². The highest BCUT2D eigenvalue weighted by Gasteiger charge is 2.44. The van der Waals surface area contributed by atoms with E-state index in [4.69, 9.17) is 9.47 Å². The number of nitrogens with one attached hydrogen (secondary N) is 1. The number of aliphatic hydroxyl groups excluding tert-OH is 5. The predicted molar refractivity (Wildman–Crippen MR) is 230 cm³/mol. The molecule has 0 aliphatic carbocycles. The zero-order valence-corrected chi connectivity index (χ0v) is 35.1. The van der Waals surface area contributed by atoms with Crippen LogP contribution in [0.5, 0.6) is 0 Å². The molecule has 322 valence electrons. The average molecular weight is 788 g/mol. The summed E-state index contributed by atoms with van der Waals surface area (Å²) >= 11 is 0. The fraction of sp³-hybridized carbons (Fsp3) is 0.723. The number of carbonyl (C=O) groups is 1. The van der Waals surface area contributed by atoms with Crippen LogP contribution in [0.25, 0.3) is 0 Å². The van der Waals surface area contributed by atoms with Gasteiger partial charge in [-0.3, -0.25) is 4.79 Å². The highest BCUT2D eigenvalue weighted by molar-refractivity contribution is 5.76. The maximum absolute atomic E-state index is 12.9. The lowest BCUT2D eigenvalue weighted by molar-refractivity contribution is -0.302. The number of amides is 1. The van der Waals surface area contributed by atoms with Gasteiger partial charge in [0.05, 0.1) is 25.4 Å². The van der Waals surface area contributed by atoms with E-state index in [1.807, 2.05) is 6.08 Å². The van der Waals surface area contributed by atoms with Crippen molar-refractivity contribution in [1.82, 2.24) is 5.32 Å². The molecule has 1 heterocycles. The van der Waals surface area contributed by atoms with Crippen LogP contribution >= 0.6 is 0 Å². The van der Waals surface area contributed by atoms with Gasteiger partial charge in [0, 0.05) is 6.42 Å². The predicted octanol–water partition coefficient (Wildman–Crippen LogP) is 9.00. The van der Waals surface area contributed by atoms with Crippen molar-refractivity contribution >= 4 is 5.91 Å². The molecule has 9 nitrogen and oxygen atoms in total. The van der Waals surface area contributed by atoms with Crippen LogP contribution in [0.15, 0.2) is 72.9 Å². The Hall–Kier alpha value is -2.37. The van der Waals surface area contributed by atoms with Gasteiger partial charge in [-0.05, 0) is 64.2 Å². The van der Waals surface area contributed by atoms with E-state index in [1.54, 1.807) is 6.08 Å². The third-order valence-electron chi connectivity index (χ3n) is 10.0. The van der Waals surface area contributed by atoms with Gasteiger partial charge in [0.2, 0.25) is 5.91 Å². The highest BCUT2D eigenvalue weighted by Crippen LogP contribution is 2.22. The zero-order valence-electron chi connectivity index (χ0n) is 35.1. The third kappa shape index (κ3) is 27.3. The largest absolute Gasteiger partial charge is 0.394 e. The second kappa shape index (κ2) is 36.9. The van der Waals surface area contributed by atoms with Crippen LogP contribution < -0.4 is 5.32 Å². The van der Waals surface area contributed by atoms with Crippen molar-refractivity contribution in [3.63, 3.8) is 0 Å². The molecule has 0 radical (unpaired) electrons. The Bertz CT molecular complexity index is 1100. The molecule has 1 rings (SSSR count). The first kappa shape index (κ1) is 51.6. The fourth-order valence-corrected chi connectivity index (χ4v) is 6.44. The second-order valence-electron chi connectivity index (χ2n) is 15.1. The molecule has 1 aliphatic rings. The van der Waals surface area contributed by atoms with Gasteiger partial charge in [-0.2, -0.15) is 0 Å². The summed E-state index contributed by atoms with van der Waals surface area (Å²) in [6.45, 7) is 3.54. The van der Waals surface area contributed by atoms with E-state index in [2.05, 4.69) is 79.9 Å². The number of hydrogen-bond donors (Lipinski definition) is 6.